The van der Waals surface area contributed by atoms with Crippen molar-refractivity contribution >= 4 is 11.8 Å². The first-order chi connectivity index (χ1) is 15.7. The lowest BCUT2D eigenvalue weighted by Crippen LogP contribution is -2.43. The van der Waals surface area contributed by atoms with Crippen LogP contribution in [0.3, 0.4) is 0 Å². The van der Waals surface area contributed by atoms with Gasteiger partial charge >= 0.3 is 5.97 Å². The second-order valence-electron chi connectivity index (χ2n) is 8.70. The van der Waals surface area contributed by atoms with E-state index in [0.29, 0.717) is 11.3 Å². The first-order valence-corrected chi connectivity index (χ1v) is 11.4. The Morgan fingerprint density at radius 2 is 1.62 bits per heavy atom. The molecule has 0 aromatic heterocycles. The molecule has 7 heteroatoms. The second-order valence-corrected chi connectivity index (χ2v) is 8.70. The fourth-order valence-corrected chi connectivity index (χ4v) is 5.02. The van der Waals surface area contributed by atoms with Gasteiger partial charge in [-0.05, 0) is 93.5 Å². The summed E-state index contributed by atoms with van der Waals surface area (Å²) < 4.78 is 5.76. The van der Waals surface area contributed by atoms with E-state index in [1.165, 1.54) is 12.8 Å². The molecule has 32 heavy (non-hydrogen) atoms. The maximum Gasteiger partial charge on any atom is 0.333 e. The fourth-order valence-electron chi connectivity index (χ4n) is 5.02. The quantitative estimate of drug-likeness (QED) is 0.161. The van der Waals surface area contributed by atoms with Crippen molar-refractivity contribution in [2.75, 3.05) is 26.2 Å². The first-order valence-electron chi connectivity index (χ1n) is 11.4. The van der Waals surface area contributed by atoms with Crippen LogP contribution in [0.4, 0.5) is 0 Å². The second kappa shape index (κ2) is 10.6. The summed E-state index contributed by atoms with van der Waals surface area (Å²) in [6.07, 6.45) is 4.76. The maximum absolute atomic E-state index is 13.3. The van der Waals surface area contributed by atoms with Crippen LogP contribution in [0.25, 0.3) is 0 Å². The van der Waals surface area contributed by atoms with Crippen molar-refractivity contribution in [3.8, 4) is 5.75 Å². The molecule has 1 atom stereocenters. The third-order valence-corrected chi connectivity index (χ3v) is 6.80. The number of ether oxygens (including phenoxy) is 1. The van der Waals surface area contributed by atoms with Gasteiger partial charge in [0.15, 0.2) is 5.84 Å². The highest BCUT2D eigenvalue weighted by atomic mass is 16.5. The number of rotatable bonds is 6. The monoisotopic (exact) mass is 436 g/mol. The average Bonchev–Trinajstić information content (AvgIpc) is 2.86. The third-order valence-electron chi connectivity index (χ3n) is 6.80. The van der Waals surface area contributed by atoms with Gasteiger partial charge in [0.2, 0.25) is 0 Å². The number of carbonyl (C=O) groups is 1. The summed E-state index contributed by atoms with van der Waals surface area (Å²) in [5.41, 5.74) is 7.13. The number of likely N-dealkylation sites (tertiary alicyclic amines) is 1. The van der Waals surface area contributed by atoms with Crippen LogP contribution in [0.5, 0.6) is 5.75 Å². The van der Waals surface area contributed by atoms with Crippen LogP contribution in [0, 0.1) is 11.8 Å². The zero-order valence-electron chi connectivity index (χ0n) is 18.3. The summed E-state index contributed by atoms with van der Waals surface area (Å²) in [7, 11) is 0. The Kier molecular flexibility index (Phi) is 7.39. The molecule has 2 aromatic rings. The van der Waals surface area contributed by atoms with E-state index in [0.717, 1.165) is 56.4 Å². The Balaban J connectivity index is 1.46. The molecular weight excluding hydrogens is 404 g/mol. The molecule has 0 radical (unpaired) electrons. The van der Waals surface area contributed by atoms with Gasteiger partial charge in [-0.15, -0.1) is 0 Å². The standard InChI is InChI=1S/C25H32N4O3/c26-24(28-31)21-6-8-22(9-7-21)32-25(30)23(20-4-2-1-3-5-20)29-16-12-19(13-17-29)18-10-14-27-15-11-18/h1-9,18-19,23,27,31H,10-17H2,(H2,26,28). The molecule has 0 bridgehead atoms. The summed E-state index contributed by atoms with van der Waals surface area (Å²) >= 11 is 0. The molecule has 2 heterocycles. The number of nitrogens with zero attached hydrogens (tertiary/aromatic N) is 2. The van der Waals surface area contributed by atoms with Gasteiger partial charge in [0.25, 0.3) is 0 Å². The minimum absolute atomic E-state index is 0.0154. The summed E-state index contributed by atoms with van der Waals surface area (Å²) in [4.78, 5) is 15.6. The highest BCUT2D eigenvalue weighted by Gasteiger charge is 2.34. The lowest BCUT2D eigenvalue weighted by atomic mass is 9.79. The van der Waals surface area contributed by atoms with Crippen LogP contribution in [0.15, 0.2) is 59.8 Å². The summed E-state index contributed by atoms with van der Waals surface area (Å²) in [6, 6.07) is 16.1. The molecule has 4 N–H and O–H groups in total. The smallest absolute Gasteiger partial charge is 0.333 e. The van der Waals surface area contributed by atoms with E-state index in [1.807, 2.05) is 30.3 Å². The molecule has 0 amide bonds. The Morgan fingerprint density at radius 3 is 2.25 bits per heavy atom. The number of piperidine rings is 2. The molecule has 4 rings (SSSR count). The first kappa shape index (κ1) is 22.3. The van der Waals surface area contributed by atoms with E-state index in [4.69, 9.17) is 15.7 Å². The SMILES string of the molecule is NC(=NO)c1ccc(OC(=O)C(c2ccccc2)N2CCC(C3CCNCC3)CC2)cc1. The van der Waals surface area contributed by atoms with E-state index < -0.39 is 6.04 Å². The molecule has 1 unspecified atom stereocenters. The predicted molar refractivity (Wildman–Crippen MR) is 124 cm³/mol. The maximum atomic E-state index is 13.3. The fraction of sp³-hybridized carbons (Fsp3) is 0.440. The van der Waals surface area contributed by atoms with E-state index in [1.54, 1.807) is 24.3 Å². The highest BCUT2D eigenvalue weighted by molar-refractivity contribution is 5.97. The Labute approximate surface area is 189 Å². The van der Waals surface area contributed by atoms with Gasteiger partial charge in [-0.1, -0.05) is 35.5 Å². The Bertz CT molecular complexity index is 903. The number of nitrogens with two attached hydrogens (primary N) is 1. The van der Waals surface area contributed by atoms with Gasteiger partial charge in [0, 0.05) is 5.56 Å². The van der Waals surface area contributed by atoms with Crippen molar-refractivity contribution < 1.29 is 14.7 Å². The summed E-state index contributed by atoms with van der Waals surface area (Å²) in [5, 5.41) is 15.3. The van der Waals surface area contributed by atoms with Gasteiger partial charge in [-0.25, -0.2) is 4.79 Å². The lowest BCUT2D eigenvalue weighted by Gasteiger charge is -2.40. The largest absolute Gasteiger partial charge is 0.425 e. The topological polar surface area (TPSA) is 100 Å². The molecule has 2 aliphatic heterocycles. The number of oxime groups is 1. The van der Waals surface area contributed by atoms with Gasteiger partial charge in [0.05, 0.1) is 0 Å². The number of nitrogens with one attached hydrogen (secondary N) is 1. The van der Waals surface area contributed by atoms with Crippen molar-refractivity contribution in [1.82, 2.24) is 10.2 Å². The van der Waals surface area contributed by atoms with Crippen LogP contribution in [0.2, 0.25) is 0 Å². The van der Waals surface area contributed by atoms with Crippen molar-refractivity contribution in [2.24, 2.45) is 22.7 Å². The number of carbonyl (C=O) groups excluding carboxylic acids is 1. The Hall–Kier alpha value is -2.90. The molecule has 2 fully saturated rings. The number of esters is 1. The number of amidine groups is 1. The molecule has 7 nitrogen and oxygen atoms in total. The lowest BCUT2D eigenvalue weighted by molar-refractivity contribution is -0.141. The van der Waals surface area contributed by atoms with Crippen LogP contribution in [-0.2, 0) is 4.79 Å². The number of hydrogen-bond acceptors (Lipinski definition) is 6. The average molecular weight is 437 g/mol. The molecular formula is C25H32N4O3. The third kappa shape index (κ3) is 5.29. The highest BCUT2D eigenvalue weighted by Crippen LogP contribution is 2.34. The summed E-state index contributed by atoms with van der Waals surface area (Å²) in [5.74, 6) is 1.71. The van der Waals surface area contributed by atoms with Crippen molar-refractivity contribution in [3.63, 3.8) is 0 Å². The molecule has 2 aliphatic rings. The molecule has 0 saturated carbocycles. The van der Waals surface area contributed by atoms with Gasteiger partial charge in [-0.2, -0.15) is 0 Å². The van der Waals surface area contributed by atoms with E-state index in [2.05, 4.69) is 15.4 Å². The molecule has 2 saturated heterocycles. The molecule has 0 spiro atoms. The van der Waals surface area contributed by atoms with E-state index in [-0.39, 0.29) is 11.8 Å². The molecule has 2 aromatic carbocycles. The minimum Gasteiger partial charge on any atom is -0.425 e. The van der Waals surface area contributed by atoms with Crippen LogP contribution in [0.1, 0.15) is 42.9 Å². The summed E-state index contributed by atoms with van der Waals surface area (Å²) in [6.45, 7) is 4.04. The van der Waals surface area contributed by atoms with Gasteiger partial charge in [0.1, 0.15) is 11.8 Å². The van der Waals surface area contributed by atoms with Crippen molar-refractivity contribution in [3.05, 3.63) is 65.7 Å². The van der Waals surface area contributed by atoms with Crippen molar-refractivity contribution in [1.29, 1.82) is 0 Å². The van der Waals surface area contributed by atoms with Crippen LogP contribution >= 0.6 is 0 Å². The normalized spacial score (nSPS) is 20.1. The zero-order valence-corrected chi connectivity index (χ0v) is 18.3. The van der Waals surface area contributed by atoms with E-state index >= 15 is 0 Å². The predicted octanol–water partition coefficient (Wildman–Crippen LogP) is 3.14. The van der Waals surface area contributed by atoms with Crippen LogP contribution in [-0.4, -0.2) is 48.1 Å². The number of hydrogen-bond donors (Lipinski definition) is 3. The number of benzene rings is 2. The molecule has 170 valence electrons. The van der Waals surface area contributed by atoms with Crippen LogP contribution < -0.4 is 15.8 Å². The minimum atomic E-state index is -0.436. The van der Waals surface area contributed by atoms with E-state index in [9.17, 15) is 4.79 Å². The van der Waals surface area contributed by atoms with Gasteiger partial charge < -0.3 is 21.0 Å². The Morgan fingerprint density at radius 1 is 1.00 bits per heavy atom. The molecule has 0 aliphatic carbocycles. The van der Waals surface area contributed by atoms with Crippen molar-refractivity contribution in [2.45, 2.75) is 31.7 Å². The zero-order chi connectivity index (χ0) is 22.3. The van der Waals surface area contributed by atoms with Gasteiger partial charge in [-0.3, -0.25) is 4.90 Å².